The van der Waals surface area contributed by atoms with Crippen LogP contribution in [0.1, 0.15) is 15.9 Å². The third-order valence-corrected chi connectivity index (χ3v) is 6.23. The first kappa shape index (κ1) is 21.2. The Hall–Kier alpha value is -3.50. The topological polar surface area (TPSA) is 128 Å². The Morgan fingerprint density at radius 3 is 2.40 bits per heavy atom. The Morgan fingerprint density at radius 2 is 1.70 bits per heavy atom. The van der Waals surface area contributed by atoms with Crippen LogP contribution in [-0.4, -0.2) is 43.1 Å². The fraction of sp³-hybridized carbons (Fsp3) is 0.150. The number of aromatic amines is 1. The van der Waals surface area contributed by atoms with E-state index >= 15 is 0 Å². The minimum atomic E-state index is -3.87. The van der Waals surface area contributed by atoms with Crippen LogP contribution in [-0.2, 0) is 14.8 Å². The van der Waals surface area contributed by atoms with E-state index in [2.05, 4.69) is 15.8 Å². The Bertz CT molecular complexity index is 1270. The third kappa shape index (κ3) is 4.56. The van der Waals surface area contributed by atoms with Crippen LogP contribution >= 0.6 is 0 Å². The molecule has 0 radical (unpaired) electrons. The lowest BCUT2D eigenvalue weighted by Gasteiger charge is -2.17. The van der Waals surface area contributed by atoms with Crippen molar-refractivity contribution in [1.29, 1.82) is 0 Å². The van der Waals surface area contributed by atoms with Gasteiger partial charge in [-0.25, -0.2) is 8.42 Å². The Balaban J connectivity index is 1.64. The maximum Gasteiger partial charge on any atom is 0.275 e. The summed E-state index contributed by atoms with van der Waals surface area (Å²) in [6, 6.07) is 14.6. The Kier molecular flexibility index (Phi) is 5.99. The van der Waals surface area contributed by atoms with E-state index in [0.29, 0.717) is 10.9 Å². The molecule has 0 saturated carbocycles. The van der Waals surface area contributed by atoms with Gasteiger partial charge in [0.1, 0.15) is 5.56 Å². The lowest BCUT2D eigenvalue weighted by Crippen LogP contribution is -2.47. The van der Waals surface area contributed by atoms with E-state index in [-0.39, 0.29) is 10.5 Å². The third-order valence-electron chi connectivity index (χ3n) is 4.41. The molecule has 1 aromatic heterocycles. The minimum Gasteiger partial charge on any atom is -0.321 e. The molecule has 2 aromatic carbocycles. The van der Waals surface area contributed by atoms with E-state index in [1.807, 2.05) is 6.92 Å². The van der Waals surface area contributed by atoms with Crippen LogP contribution < -0.4 is 16.4 Å². The zero-order valence-electron chi connectivity index (χ0n) is 16.3. The van der Waals surface area contributed by atoms with E-state index < -0.39 is 33.9 Å². The summed E-state index contributed by atoms with van der Waals surface area (Å²) in [5.41, 5.74) is 4.93. The molecule has 0 spiro atoms. The number of nitrogens with one attached hydrogen (secondary N) is 3. The fourth-order valence-corrected chi connectivity index (χ4v) is 3.85. The number of sulfonamides is 1. The molecule has 0 fully saturated rings. The summed E-state index contributed by atoms with van der Waals surface area (Å²) in [6.45, 7) is 1.31. The number of hydrogen-bond donors (Lipinski definition) is 3. The number of aryl methyl sites for hydroxylation is 1. The molecule has 0 saturated heterocycles. The summed E-state index contributed by atoms with van der Waals surface area (Å²) in [5, 5.41) is 0.650. The number of amides is 2. The molecule has 2 amide bonds. The number of carbonyl (C=O) groups is 2. The number of rotatable bonds is 5. The van der Waals surface area contributed by atoms with Gasteiger partial charge in [0, 0.05) is 12.6 Å². The average molecular weight is 428 g/mol. The Labute approximate surface area is 172 Å². The highest BCUT2D eigenvalue weighted by Crippen LogP contribution is 2.14. The Morgan fingerprint density at radius 1 is 1.03 bits per heavy atom. The number of fused-ring (bicyclic) bond motifs is 1. The number of para-hydroxylation sites is 1. The molecule has 0 unspecified atom stereocenters. The van der Waals surface area contributed by atoms with Gasteiger partial charge in [-0.05, 0) is 36.6 Å². The van der Waals surface area contributed by atoms with Crippen molar-refractivity contribution in [3.63, 3.8) is 0 Å². The van der Waals surface area contributed by atoms with Crippen molar-refractivity contribution < 1.29 is 18.0 Å². The van der Waals surface area contributed by atoms with Crippen LogP contribution in [0.4, 0.5) is 0 Å². The summed E-state index contributed by atoms with van der Waals surface area (Å²) in [6.07, 6.45) is 0. The SMILES string of the molecule is Cc1ccc(S(=O)(=O)N(C)CC(=O)NNC(=O)c2cc3ccccc3[nH]c2=O)cc1. The second kappa shape index (κ2) is 8.47. The highest BCUT2D eigenvalue weighted by molar-refractivity contribution is 7.89. The van der Waals surface area contributed by atoms with E-state index in [1.54, 1.807) is 36.4 Å². The maximum absolute atomic E-state index is 12.5. The molecule has 3 rings (SSSR count). The number of pyridine rings is 1. The van der Waals surface area contributed by atoms with E-state index in [9.17, 15) is 22.8 Å². The summed E-state index contributed by atoms with van der Waals surface area (Å²) in [4.78, 5) is 39.1. The first-order chi connectivity index (χ1) is 14.2. The van der Waals surface area contributed by atoms with Crippen LogP contribution in [0.2, 0.25) is 0 Å². The molecule has 0 bridgehead atoms. The van der Waals surface area contributed by atoms with Crippen LogP contribution in [0.15, 0.2) is 64.3 Å². The number of aromatic nitrogens is 1. The molecule has 1 heterocycles. The smallest absolute Gasteiger partial charge is 0.275 e. The molecule has 3 N–H and O–H groups in total. The van der Waals surface area contributed by atoms with Gasteiger partial charge in [-0.3, -0.25) is 25.2 Å². The molecule has 0 aliphatic heterocycles. The lowest BCUT2D eigenvalue weighted by atomic mass is 10.1. The summed E-state index contributed by atoms with van der Waals surface area (Å²) in [5.74, 6) is -1.59. The van der Waals surface area contributed by atoms with Crippen molar-refractivity contribution in [3.8, 4) is 0 Å². The minimum absolute atomic E-state index is 0.0510. The first-order valence-corrected chi connectivity index (χ1v) is 10.4. The average Bonchev–Trinajstić information content (AvgIpc) is 2.71. The van der Waals surface area contributed by atoms with Crippen LogP contribution in [0.5, 0.6) is 0 Å². The molecule has 9 nitrogen and oxygen atoms in total. The van der Waals surface area contributed by atoms with Gasteiger partial charge in [-0.15, -0.1) is 0 Å². The predicted molar refractivity (Wildman–Crippen MR) is 111 cm³/mol. The predicted octanol–water partition coefficient (Wildman–Crippen LogP) is 0.918. The fourth-order valence-electron chi connectivity index (χ4n) is 2.73. The lowest BCUT2D eigenvalue weighted by molar-refractivity contribution is -0.121. The van der Waals surface area contributed by atoms with Gasteiger partial charge < -0.3 is 4.98 Å². The number of hydrogen-bond acceptors (Lipinski definition) is 5. The van der Waals surface area contributed by atoms with E-state index in [4.69, 9.17) is 0 Å². The molecule has 156 valence electrons. The van der Waals surface area contributed by atoms with Crippen LogP contribution in [0, 0.1) is 6.92 Å². The van der Waals surface area contributed by atoms with Crippen molar-refractivity contribution in [2.45, 2.75) is 11.8 Å². The van der Waals surface area contributed by atoms with Crippen molar-refractivity contribution in [3.05, 3.63) is 76.1 Å². The second-order valence-corrected chi connectivity index (χ2v) is 8.72. The highest BCUT2D eigenvalue weighted by atomic mass is 32.2. The van der Waals surface area contributed by atoms with E-state index in [0.717, 1.165) is 9.87 Å². The molecule has 0 aliphatic rings. The monoisotopic (exact) mass is 428 g/mol. The normalized spacial score (nSPS) is 11.4. The number of nitrogens with zero attached hydrogens (tertiary/aromatic N) is 1. The summed E-state index contributed by atoms with van der Waals surface area (Å²) >= 11 is 0. The zero-order valence-corrected chi connectivity index (χ0v) is 17.1. The molecular weight excluding hydrogens is 408 g/mol. The highest BCUT2D eigenvalue weighted by Gasteiger charge is 2.23. The molecule has 3 aromatic rings. The van der Waals surface area contributed by atoms with Crippen LogP contribution in [0.25, 0.3) is 10.9 Å². The maximum atomic E-state index is 12.5. The van der Waals surface area contributed by atoms with Gasteiger partial charge in [0.25, 0.3) is 17.4 Å². The van der Waals surface area contributed by atoms with Gasteiger partial charge >= 0.3 is 0 Å². The molecule has 0 aliphatic carbocycles. The van der Waals surface area contributed by atoms with Gasteiger partial charge in [0.15, 0.2) is 0 Å². The van der Waals surface area contributed by atoms with Crippen LogP contribution in [0.3, 0.4) is 0 Å². The number of hydrazine groups is 1. The van der Waals surface area contributed by atoms with Gasteiger partial charge in [0.2, 0.25) is 10.0 Å². The first-order valence-electron chi connectivity index (χ1n) is 8.93. The number of H-pyrrole nitrogens is 1. The molecule has 30 heavy (non-hydrogen) atoms. The zero-order chi connectivity index (χ0) is 21.9. The van der Waals surface area contributed by atoms with E-state index in [1.165, 1.54) is 25.2 Å². The number of likely N-dealkylation sites (N-methyl/N-ethyl adjacent to an activating group) is 1. The van der Waals surface area contributed by atoms with Gasteiger partial charge in [-0.1, -0.05) is 35.9 Å². The molecule has 0 atom stereocenters. The number of benzene rings is 2. The molecular formula is C20H20N4O5S. The second-order valence-electron chi connectivity index (χ2n) is 6.68. The number of carbonyl (C=O) groups excluding carboxylic acids is 2. The van der Waals surface area contributed by atoms with Crippen molar-refractivity contribution in [1.82, 2.24) is 20.1 Å². The summed E-state index contributed by atoms with van der Waals surface area (Å²) in [7, 11) is -2.61. The quantitative estimate of drug-likeness (QED) is 0.521. The van der Waals surface area contributed by atoms with Gasteiger partial charge in [-0.2, -0.15) is 4.31 Å². The van der Waals surface area contributed by atoms with Gasteiger partial charge in [0.05, 0.1) is 11.4 Å². The molecule has 10 heteroatoms. The summed E-state index contributed by atoms with van der Waals surface area (Å²) < 4.78 is 25.9. The largest absolute Gasteiger partial charge is 0.321 e. The van der Waals surface area contributed by atoms with Crippen molar-refractivity contribution >= 4 is 32.7 Å². The van der Waals surface area contributed by atoms with Crippen molar-refractivity contribution in [2.75, 3.05) is 13.6 Å². The standard InChI is InChI=1S/C20H20N4O5S/c1-13-7-9-15(10-8-13)30(28,29)24(2)12-18(25)22-23-20(27)16-11-14-5-3-4-6-17(14)21-19(16)26/h3-11H,12H2,1-2H3,(H,21,26)(H,22,25)(H,23,27). The van der Waals surface area contributed by atoms with Crippen molar-refractivity contribution in [2.24, 2.45) is 0 Å².